The van der Waals surface area contributed by atoms with Gasteiger partial charge in [-0.05, 0) is 19.1 Å². The van der Waals surface area contributed by atoms with Gasteiger partial charge in [0.25, 0.3) is 0 Å². The van der Waals surface area contributed by atoms with Crippen molar-refractivity contribution in [1.29, 1.82) is 0 Å². The van der Waals surface area contributed by atoms with Crippen LogP contribution >= 0.6 is 15.9 Å². The molecule has 0 spiro atoms. The van der Waals surface area contributed by atoms with Gasteiger partial charge in [0.2, 0.25) is 0 Å². The maximum atomic E-state index is 4.72. The van der Waals surface area contributed by atoms with E-state index in [0.717, 1.165) is 32.9 Å². The van der Waals surface area contributed by atoms with Crippen molar-refractivity contribution < 1.29 is 0 Å². The highest BCUT2D eigenvalue weighted by Gasteiger charge is 2.13. The molecule has 0 fully saturated rings. The lowest BCUT2D eigenvalue weighted by Crippen LogP contribution is -2.06. The van der Waals surface area contributed by atoms with Crippen LogP contribution in [0.2, 0.25) is 0 Å². The zero-order chi connectivity index (χ0) is 14.0. The van der Waals surface area contributed by atoms with Crippen LogP contribution < -0.4 is 5.32 Å². The van der Waals surface area contributed by atoms with Gasteiger partial charge >= 0.3 is 0 Å². The summed E-state index contributed by atoms with van der Waals surface area (Å²) in [6.45, 7) is 6.26. The second-order valence-corrected chi connectivity index (χ2v) is 5.73. The summed E-state index contributed by atoms with van der Waals surface area (Å²) >= 11 is 3.51. The van der Waals surface area contributed by atoms with E-state index in [9.17, 15) is 0 Å². The number of hydrogen-bond acceptors (Lipinski definition) is 3. The Morgan fingerprint density at radius 2 is 1.95 bits per heavy atom. The van der Waals surface area contributed by atoms with Crippen molar-refractivity contribution in [3.8, 4) is 11.3 Å². The molecule has 0 radical (unpaired) electrons. The molecular weight excluding hydrogens is 302 g/mol. The minimum Gasteiger partial charge on any atom is -0.373 e. The van der Waals surface area contributed by atoms with E-state index in [1.54, 1.807) is 0 Å². The molecule has 0 aliphatic rings. The molecule has 2 aromatic rings. The van der Waals surface area contributed by atoms with Crippen LogP contribution in [0.1, 0.15) is 31.2 Å². The lowest BCUT2D eigenvalue weighted by molar-refractivity contribution is 0.775. The van der Waals surface area contributed by atoms with Gasteiger partial charge in [0.05, 0.1) is 5.69 Å². The lowest BCUT2D eigenvalue weighted by atomic mass is 10.1. The van der Waals surface area contributed by atoms with Crippen molar-refractivity contribution in [3.63, 3.8) is 0 Å². The van der Waals surface area contributed by atoms with Crippen LogP contribution in [0.3, 0.4) is 0 Å². The number of anilines is 1. The van der Waals surface area contributed by atoms with E-state index in [1.165, 1.54) is 0 Å². The molecule has 3 nitrogen and oxygen atoms in total. The predicted molar refractivity (Wildman–Crippen MR) is 83.5 cm³/mol. The SMILES string of the molecule is CNc1nc(C(C)C)nc(-c2cccc(Br)c2)c1C. The zero-order valence-electron chi connectivity index (χ0n) is 11.7. The van der Waals surface area contributed by atoms with Gasteiger partial charge in [-0.25, -0.2) is 9.97 Å². The van der Waals surface area contributed by atoms with Crippen molar-refractivity contribution >= 4 is 21.7 Å². The molecule has 0 saturated carbocycles. The Labute approximate surface area is 122 Å². The first-order valence-corrected chi connectivity index (χ1v) is 7.14. The third-order valence-electron chi connectivity index (χ3n) is 3.01. The first-order valence-electron chi connectivity index (χ1n) is 6.35. The smallest absolute Gasteiger partial charge is 0.133 e. The van der Waals surface area contributed by atoms with Gasteiger partial charge < -0.3 is 5.32 Å². The van der Waals surface area contributed by atoms with Crippen molar-refractivity contribution in [2.75, 3.05) is 12.4 Å². The molecule has 1 heterocycles. The number of halogens is 1. The van der Waals surface area contributed by atoms with Crippen LogP contribution in [-0.4, -0.2) is 17.0 Å². The van der Waals surface area contributed by atoms with E-state index < -0.39 is 0 Å². The number of rotatable bonds is 3. The first-order chi connectivity index (χ1) is 9.02. The molecule has 0 amide bonds. The molecule has 0 bridgehead atoms. The highest BCUT2D eigenvalue weighted by molar-refractivity contribution is 9.10. The molecule has 0 aliphatic heterocycles. The van der Waals surface area contributed by atoms with Gasteiger partial charge in [-0.15, -0.1) is 0 Å². The van der Waals surface area contributed by atoms with Crippen LogP contribution in [0, 0.1) is 6.92 Å². The maximum Gasteiger partial charge on any atom is 0.133 e. The fourth-order valence-corrected chi connectivity index (χ4v) is 2.35. The normalized spacial score (nSPS) is 10.8. The molecular formula is C15H18BrN3. The molecule has 1 N–H and O–H groups in total. The van der Waals surface area contributed by atoms with Crippen LogP contribution in [-0.2, 0) is 0 Å². The molecule has 100 valence electrons. The quantitative estimate of drug-likeness (QED) is 0.912. The van der Waals surface area contributed by atoms with E-state index in [2.05, 4.69) is 52.2 Å². The van der Waals surface area contributed by atoms with E-state index in [-0.39, 0.29) is 0 Å². The second-order valence-electron chi connectivity index (χ2n) is 4.82. The fourth-order valence-electron chi connectivity index (χ4n) is 1.95. The average Bonchev–Trinajstić information content (AvgIpc) is 2.38. The van der Waals surface area contributed by atoms with Crippen LogP contribution in [0.15, 0.2) is 28.7 Å². The maximum absolute atomic E-state index is 4.72. The van der Waals surface area contributed by atoms with E-state index in [1.807, 2.05) is 26.1 Å². The Morgan fingerprint density at radius 1 is 1.21 bits per heavy atom. The molecule has 0 atom stereocenters. The first kappa shape index (κ1) is 14.0. The van der Waals surface area contributed by atoms with Crippen LogP contribution in [0.25, 0.3) is 11.3 Å². The number of hydrogen-bond donors (Lipinski definition) is 1. The summed E-state index contributed by atoms with van der Waals surface area (Å²) in [5.41, 5.74) is 3.17. The van der Waals surface area contributed by atoms with Gasteiger partial charge in [0, 0.05) is 28.6 Å². The van der Waals surface area contributed by atoms with Crippen molar-refractivity contribution in [2.24, 2.45) is 0 Å². The van der Waals surface area contributed by atoms with Crippen molar-refractivity contribution in [3.05, 3.63) is 40.1 Å². The predicted octanol–water partition coefficient (Wildman–Crippen LogP) is 4.38. The Hall–Kier alpha value is -1.42. The Kier molecular flexibility index (Phi) is 4.20. The second kappa shape index (κ2) is 5.70. The molecule has 2 rings (SSSR count). The molecule has 0 unspecified atom stereocenters. The van der Waals surface area contributed by atoms with Gasteiger partial charge in [-0.1, -0.05) is 41.9 Å². The highest BCUT2D eigenvalue weighted by atomic mass is 79.9. The fraction of sp³-hybridized carbons (Fsp3) is 0.333. The highest BCUT2D eigenvalue weighted by Crippen LogP contribution is 2.29. The standard InChI is InChI=1S/C15H18BrN3/c1-9(2)14-18-13(10(3)15(17-4)19-14)11-6-5-7-12(16)8-11/h5-9H,1-4H3,(H,17,18,19). The van der Waals surface area contributed by atoms with Gasteiger partial charge in [0.15, 0.2) is 0 Å². The van der Waals surface area contributed by atoms with Crippen LogP contribution in [0.4, 0.5) is 5.82 Å². The van der Waals surface area contributed by atoms with Crippen molar-refractivity contribution in [1.82, 2.24) is 9.97 Å². The number of nitrogens with one attached hydrogen (secondary N) is 1. The molecule has 1 aromatic heterocycles. The largest absolute Gasteiger partial charge is 0.373 e. The minimum absolute atomic E-state index is 0.304. The van der Waals surface area contributed by atoms with Crippen molar-refractivity contribution in [2.45, 2.75) is 26.7 Å². The summed E-state index contributed by atoms with van der Waals surface area (Å²) in [5.74, 6) is 2.07. The number of nitrogens with zero attached hydrogens (tertiary/aromatic N) is 2. The topological polar surface area (TPSA) is 37.8 Å². The monoisotopic (exact) mass is 319 g/mol. The zero-order valence-corrected chi connectivity index (χ0v) is 13.2. The molecule has 19 heavy (non-hydrogen) atoms. The Morgan fingerprint density at radius 3 is 2.53 bits per heavy atom. The number of benzene rings is 1. The number of aromatic nitrogens is 2. The molecule has 0 aliphatic carbocycles. The summed E-state index contributed by atoms with van der Waals surface area (Å²) in [4.78, 5) is 9.28. The Balaban J connectivity index is 2.64. The average molecular weight is 320 g/mol. The van der Waals surface area contributed by atoms with Gasteiger partial charge in [-0.2, -0.15) is 0 Å². The minimum atomic E-state index is 0.304. The van der Waals surface area contributed by atoms with E-state index in [4.69, 9.17) is 4.98 Å². The third-order valence-corrected chi connectivity index (χ3v) is 3.51. The third kappa shape index (κ3) is 2.95. The molecule has 1 aromatic carbocycles. The van der Waals surface area contributed by atoms with Gasteiger partial charge in [-0.3, -0.25) is 0 Å². The summed E-state index contributed by atoms with van der Waals surface area (Å²) < 4.78 is 1.06. The summed E-state index contributed by atoms with van der Waals surface area (Å²) in [7, 11) is 1.89. The summed E-state index contributed by atoms with van der Waals surface area (Å²) in [6, 6.07) is 8.19. The lowest BCUT2D eigenvalue weighted by Gasteiger charge is -2.14. The summed E-state index contributed by atoms with van der Waals surface area (Å²) in [6.07, 6.45) is 0. The van der Waals surface area contributed by atoms with Gasteiger partial charge in [0.1, 0.15) is 11.6 Å². The Bertz CT molecular complexity index is 594. The molecule has 4 heteroatoms. The van der Waals surface area contributed by atoms with Crippen LogP contribution in [0.5, 0.6) is 0 Å². The van der Waals surface area contributed by atoms with E-state index >= 15 is 0 Å². The summed E-state index contributed by atoms with van der Waals surface area (Å²) in [5, 5.41) is 3.15. The molecule has 0 saturated heterocycles. The van der Waals surface area contributed by atoms with E-state index in [0.29, 0.717) is 5.92 Å².